The summed E-state index contributed by atoms with van der Waals surface area (Å²) in [5.74, 6) is 1.33. The van der Waals surface area contributed by atoms with Crippen molar-refractivity contribution in [2.24, 2.45) is 30.7 Å². The van der Waals surface area contributed by atoms with Crippen molar-refractivity contribution in [3.8, 4) is 17.2 Å². The van der Waals surface area contributed by atoms with Gasteiger partial charge < -0.3 is 15.6 Å². The van der Waals surface area contributed by atoms with Gasteiger partial charge in [-0.05, 0) is 108 Å². The van der Waals surface area contributed by atoms with Crippen LogP contribution >= 0.6 is 0 Å². The summed E-state index contributed by atoms with van der Waals surface area (Å²) in [5.41, 5.74) is 8.38. The standard InChI is InChI=1S/C40H27N7O13S4.C13H10O.4Na.4H/c41-22-8-10-25-21(16-22)17-38(64(58,59)60)39(40(25)48)47-46-35-15-14-34(28-11-9-24(20-30(28)35)61(49,50)51)45-44-33-13-12-32(26-4-1-2-5-27(26)33)43-42-23-18-31-29(37(19-23)63(55,56)57)6-3-7-36(31)62(52,53)54;1-3-7-12-10(5-1)9-11-6-2-4-8-13(11)14-12;;;;;;;;/h1-20,48H,41H2,(H,49,50,51)(H,52,53,54)(H,55,56,57)(H,58,59,60);1-8H,9H2;;;;;;;;/b43-42+,45-44+,47-46+;;;;;;;;;. The normalized spacial score (nSPS) is 12.4. The predicted molar refractivity (Wildman–Crippen MR) is 318 cm³/mol. The van der Waals surface area contributed by atoms with Crippen LogP contribution in [0.1, 0.15) is 11.1 Å². The number of phenolic OH excluding ortho intramolecular Hbond substituents is 1. The van der Waals surface area contributed by atoms with Gasteiger partial charge in [0.15, 0.2) is 5.75 Å². The number of fused-ring (bicyclic) bond motifs is 6. The third-order valence-electron chi connectivity index (χ3n) is 12.3. The predicted octanol–water partition coefficient (Wildman–Crippen LogP) is 10.6. The van der Waals surface area contributed by atoms with Crippen LogP contribution in [0.15, 0.2) is 220 Å². The maximum atomic E-state index is 12.4. The molecule has 0 atom stereocenters. The third-order valence-corrected chi connectivity index (χ3v) is 15.8. The number of benzene rings is 10. The van der Waals surface area contributed by atoms with E-state index >= 15 is 0 Å². The molecule has 10 aromatic carbocycles. The molecular formula is C53H41N7Na4O14S4. The van der Waals surface area contributed by atoms with Crippen LogP contribution in [0.3, 0.4) is 0 Å². The fourth-order valence-corrected chi connectivity index (χ4v) is 11.3. The quantitative estimate of drug-likeness (QED) is 0.0321. The summed E-state index contributed by atoms with van der Waals surface area (Å²) in [5, 5.41) is 37.4. The summed E-state index contributed by atoms with van der Waals surface area (Å²) in [6, 6.07) is 43.3. The van der Waals surface area contributed by atoms with E-state index < -0.39 is 71.5 Å². The van der Waals surface area contributed by atoms with Gasteiger partial charge in [0.2, 0.25) is 0 Å². The Bertz CT molecular complexity index is 4670. The minimum absolute atomic E-state index is 0. The molecule has 1 heterocycles. The van der Waals surface area contributed by atoms with E-state index in [0.29, 0.717) is 16.5 Å². The van der Waals surface area contributed by atoms with Gasteiger partial charge in [-0.15, -0.1) is 25.6 Å². The number of nitrogens with two attached hydrogens (primary N) is 1. The summed E-state index contributed by atoms with van der Waals surface area (Å²) in [6.45, 7) is 0. The van der Waals surface area contributed by atoms with Crippen LogP contribution in [-0.4, -0.2) is 175 Å². The number of aromatic hydroxyl groups is 1. The topological polar surface area (TPSA) is 347 Å². The van der Waals surface area contributed by atoms with Gasteiger partial charge in [-0.25, -0.2) is 0 Å². The Hall–Kier alpha value is -4.92. The van der Waals surface area contributed by atoms with Crippen molar-refractivity contribution < 1.29 is 61.7 Å². The molecule has 0 radical (unpaired) electrons. The fourth-order valence-electron chi connectivity index (χ4n) is 8.69. The van der Waals surface area contributed by atoms with Gasteiger partial charge >= 0.3 is 118 Å². The zero-order valence-electron chi connectivity index (χ0n) is 39.7. The van der Waals surface area contributed by atoms with Crippen molar-refractivity contribution in [1.29, 1.82) is 0 Å². The second-order valence-corrected chi connectivity index (χ2v) is 22.9. The Kier molecular flexibility index (Phi) is 21.4. The molecule has 0 aromatic heterocycles. The van der Waals surface area contributed by atoms with Crippen molar-refractivity contribution in [2.75, 3.05) is 5.73 Å². The molecule has 29 heteroatoms. The van der Waals surface area contributed by atoms with Crippen LogP contribution in [0.2, 0.25) is 0 Å². The maximum Gasteiger partial charge on any atom is 0.130 e. The Morgan fingerprint density at radius 1 is 0.390 bits per heavy atom. The van der Waals surface area contributed by atoms with Crippen molar-refractivity contribution in [1.82, 2.24) is 0 Å². The summed E-state index contributed by atoms with van der Waals surface area (Å²) < 4.78 is 143. The third kappa shape index (κ3) is 14.4. The molecular weight excluding hydrogens is 1180 g/mol. The van der Waals surface area contributed by atoms with Gasteiger partial charge in [-0.3, -0.25) is 18.2 Å². The van der Waals surface area contributed by atoms with Crippen molar-refractivity contribution in [3.63, 3.8) is 0 Å². The maximum absolute atomic E-state index is 12.4. The summed E-state index contributed by atoms with van der Waals surface area (Å²) >= 11 is 0. The molecule has 0 fully saturated rings. The first-order chi connectivity index (χ1) is 37.0. The molecule has 21 nitrogen and oxygen atoms in total. The molecule has 11 rings (SSSR count). The summed E-state index contributed by atoms with van der Waals surface area (Å²) in [6.07, 6.45) is 0.979. The van der Waals surface area contributed by atoms with Gasteiger partial charge in [0, 0.05) is 49.8 Å². The van der Waals surface area contributed by atoms with E-state index in [0.717, 1.165) is 48.3 Å². The molecule has 0 saturated heterocycles. The largest absolute Gasteiger partial charge is 0.457 e. The van der Waals surface area contributed by atoms with Crippen LogP contribution in [0.4, 0.5) is 39.8 Å². The minimum atomic E-state index is -4.99. The van der Waals surface area contributed by atoms with Crippen LogP contribution in [-0.2, 0) is 46.9 Å². The van der Waals surface area contributed by atoms with Crippen LogP contribution in [0, 0.1) is 0 Å². The number of anilines is 1. The van der Waals surface area contributed by atoms with E-state index in [1.54, 1.807) is 24.3 Å². The van der Waals surface area contributed by atoms with E-state index in [9.17, 15) is 57.0 Å². The van der Waals surface area contributed by atoms with E-state index in [1.165, 1.54) is 77.9 Å². The van der Waals surface area contributed by atoms with Crippen molar-refractivity contribution >= 4 is 242 Å². The zero-order valence-corrected chi connectivity index (χ0v) is 42.9. The molecule has 82 heavy (non-hydrogen) atoms. The second-order valence-electron chi connectivity index (χ2n) is 17.3. The molecule has 10 aromatic rings. The van der Waals surface area contributed by atoms with Gasteiger partial charge in [-0.1, -0.05) is 78.9 Å². The van der Waals surface area contributed by atoms with E-state index in [1.807, 2.05) is 24.3 Å². The fraction of sp³-hybridized carbons (Fsp3) is 0.0189. The monoisotopic (exact) mass is 1220 g/mol. The SMILES string of the molecule is Nc1ccc2c(O)c(/N=N/c3ccc(/N=N/c4ccc(/N=N/c5cc(S(=O)(=O)O)c6cccc(S(=O)(=O)O)c6c5)c5ccccc45)c4ccc(S(=O)(=O)O)cc34)c(S(=O)(=O)O)cc2c1.[NaH].[NaH].[NaH].[NaH].c1ccc2c(c1)Cc1ccccc1O2. The molecule has 1 aliphatic heterocycles. The Balaban J connectivity index is 0.000000519. The van der Waals surface area contributed by atoms with Gasteiger partial charge in [-0.2, -0.15) is 38.8 Å². The molecule has 400 valence electrons. The molecule has 1 aliphatic rings. The summed E-state index contributed by atoms with van der Waals surface area (Å²) in [7, 11) is -19.5. The average molecular weight is 1220 g/mol. The number of nitrogen functional groups attached to an aromatic ring is 1. The average Bonchev–Trinajstić information content (AvgIpc) is 2.73. The number of rotatable bonds is 10. The second kappa shape index (κ2) is 26.6. The molecule has 0 aliphatic carbocycles. The van der Waals surface area contributed by atoms with Gasteiger partial charge in [0.1, 0.15) is 31.9 Å². The molecule has 7 N–H and O–H groups in total. The number of hydrogen-bond donors (Lipinski definition) is 6. The molecule has 0 amide bonds. The van der Waals surface area contributed by atoms with Crippen LogP contribution < -0.4 is 10.5 Å². The number of nitrogens with zero attached hydrogens (tertiary/aromatic N) is 6. The number of ether oxygens (including phenoxy) is 1. The molecule has 0 saturated carbocycles. The van der Waals surface area contributed by atoms with E-state index in [2.05, 4.69) is 55.0 Å². The van der Waals surface area contributed by atoms with E-state index in [4.69, 9.17) is 10.5 Å². The minimum Gasteiger partial charge on any atom is -0.457 e. The Morgan fingerprint density at radius 3 is 1.41 bits per heavy atom. The van der Waals surface area contributed by atoms with Crippen LogP contribution in [0.25, 0.3) is 43.1 Å². The molecule has 0 spiro atoms. The number of para-hydroxylation sites is 2. The first kappa shape index (κ1) is 66.2. The first-order valence-electron chi connectivity index (χ1n) is 22.7. The van der Waals surface area contributed by atoms with Crippen molar-refractivity contribution in [3.05, 3.63) is 181 Å². The van der Waals surface area contributed by atoms with Gasteiger partial charge in [0.05, 0.1) is 33.3 Å². The van der Waals surface area contributed by atoms with Crippen LogP contribution in [0.5, 0.6) is 17.2 Å². The Morgan fingerprint density at radius 2 is 0.866 bits per heavy atom. The van der Waals surface area contributed by atoms with Gasteiger partial charge in [0.25, 0.3) is 40.5 Å². The Labute approximate surface area is 557 Å². The number of phenols is 1. The number of hydrogen-bond acceptors (Lipinski definition) is 17. The zero-order chi connectivity index (χ0) is 55.3. The summed E-state index contributed by atoms with van der Waals surface area (Å²) in [4.78, 5) is -2.64. The van der Waals surface area contributed by atoms with Crippen molar-refractivity contribution in [2.45, 2.75) is 26.0 Å². The van der Waals surface area contributed by atoms with E-state index in [-0.39, 0.29) is 179 Å². The number of azo groups is 3. The molecule has 0 bridgehead atoms. The smallest absolute Gasteiger partial charge is 0.130 e. The molecule has 0 unspecified atom stereocenters. The first-order valence-corrected chi connectivity index (χ1v) is 28.5.